The quantitative estimate of drug-likeness (QED) is 0.775. The molecule has 1 heterocycles. The van der Waals surface area contributed by atoms with Crippen molar-refractivity contribution in [3.05, 3.63) is 59.9 Å². The number of methoxy groups -OCH3 is 1. The molecular weight excluding hydrogens is 316 g/mol. The zero-order valence-electron chi connectivity index (χ0n) is 14.8. The molecular formula is C19H22N4O2. The number of benzene rings is 2. The molecule has 0 saturated carbocycles. The maximum absolute atomic E-state index is 10.6. The van der Waals surface area contributed by atoms with Crippen LogP contribution in [0.15, 0.2) is 48.5 Å². The second-order valence-corrected chi connectivity index (χ2v) is 6.06. The maximum Gasteiger partial charge on any atom is 0.166 e. The van der Waals surface area contributed by atoms with E-state index in [4.69, 9.17) is 4.74 Å². The molecule has 130 valence electrons. The molecule has 0 aliphatic heterocycles. The van der Waals surface area contributed by atoms with E-state index in [0.717, 1.165) is 22.6 Å². The molecule has 0 bridgehead atoms. The molecule has 6 heteroatoms. The van der Waals surface area contributed by atoms with Crippen LogP contribution in [0.25, 0.3) is 11.4 Å². The predicted molar refractivity (Wildman–Crippen MR) is 97.8 cm³/mol. The lowest BCUT2D eigenvalue weighted by atomic mass is 10.1. The Morgan fingerprint density at radius 2 is 1.64 bits per heavy atom. The van der Waals surface area contributed by atoms with Crippen molar-refractivity contribution in [3.8, 4) is 17.1 Å². The summed E-state index contributed by atoms with van der Waals surface area (Å²) in [5, 5.41) is 19.1. The van der Waals surface area contributed by atoms with E-state index in [9.17, 15) is 5.11 Å². The van der Waals surface area contributed by atoms with E-state index >= 15 is 0 Å². The third-order valence-corrected chi connectivity index (χ3v) is 4.23. The number of hydrogen-bond donors (Lipinski definition) is 1. The van der Waals surface area contributed by atoms with Gasteiger partial charge in [0, 0.05) is 32.4 Å². The van der Waals surface area contributed by atoms with Gasteiger partial charge >= 0.3 is 0 Å². The third kappa shape index (κ3) is 3.34. The zero-order chi connectivity index (χ0) is 18.0. The summed E-state index contributed by atoms with van der Waals surface area (Å²) >= 11 is 0. The summed E-state index contributed by atoms with van der Waals surface area (Å²) in [5.74, 6) is 1.96. The number of aromatic nitrogens is 3. The number of aliphatic hydroxyl groups excluding tert-OH is 1. The van der Waals surface area contributed by atoms with Crippen LogP contribution in [-0.2, 0) is 7.05 Å². The summed E-state index contributed by atoms with van der Waals surface area (Å²) < 4.78 is 6.97. The fourth-order valence-electron chi connectivity index (χ4n) is 2.67. The number of nitrogens with zero attached hydrogens (tertiary/aromatic N) is 4. The molecule has 0 fully saturated rings. The lowest BCUT2D eigenvalue weighted by Gasteiger charge is -2.13. The first-order chi connectivity index (χ1) is 12.0. The Morgan fingerprint density at radius 1 is 1.00 bits per heavy atom. The first kappa shape index (κ1) is 17.0. The average molecular weight is 338 g/mol. The Labute approximate surface area is 147 Å². The number of ether oxygens (including phenoxy) is 1. The number of rotatable bonds is 5. The highest BCUT2D eigenvalue weighted by molar-refractivity contribution is 5.60. The first-order valence-corrected chi connectivity index (χ1v) is 8.00. The van der Waals surface area contributed by atoms with Crippen LogP contribution in [0.2, 0.25) is 0 Å². The van der Waals surface area contributed by atoms with Crippen molar-refractivity contribution in [2.75, 3.05) is 26.1 Å². The second-order valence-electron chi connectivity index (χ2n) is 6.06. The molecule has 0 amide bonds. The van der Waals surface area contributed by atoms with E-state index in [2.05, 4.69) is 10.2 Å². The molecule has 3 aromatic rings. The van der Waals surface area contributed by atoms with Gasteiger partial charge in [-0.2, -0.15) is 0 Å². The van der Waals surface area contributed by atoms with Crippen LogP contribution in [0.3, 0.4) is 0 Å². The van der Waals surface area contributed by atoms with Gasteiger partial charge in [-0.1, -0.05) is 12.1 Å². The topological polar surface area (TPSA) is 63.4 Å². The van der Waals surface area contributed by atoms with E-state index < -0.39 is 6.10 Å². The van der Waals surface area contributed by atoms with Crippen molar-refractivity contribution < 1.29 is 9.84 Å². The Hall–Kier alpha value is -2.86. The van der Waals surface area contributed by atoms with Crippen LogP contribution >= 0.6 is 0 Å². The minimum Gasteiger partial charge on any atom is -0.497 e. The SMILES string of the molecule is COc1ccc(C(O)c2nnc(-c3ccc(N(C)C)cc3)n2C)cc1. The van der Waals surface area contributed by atoms with Gasteiger partial charge in [0.15, 0.2) is 11.6 Å². The molecule has 0 aliphatic rings. The van der Waals surface area contributed by atoms with Gasteiger partial charge in [-0.25, -0.2) is 0 Å². The van der Waals surface area contributed by atoms with Crippen molar-refractivity contribution in [3.63, 3.8) is 0 Å². The van der Waals surface area contributed by atoms with Crippen LogP contribution < -0.4 is 9.64 Å². The molecule has 0 saturated heterocycles. The van der Waals surface area contributed by atoms with Gasteiger partial charge in [0.05, 0.1) is 7.11 Å². The summed E-state index contributed by atoms with van der Waals surface area (Å²) in [6.07, 6.45) is -0.849. The van der Waals surface area contributed by atoms with E-state index in [1.165, 1.54) is 0 Å². The molecule has 1 unspecified atom stereocenters. The van der Waals surface area contributed by atoms with E-state index in [0.29, 0.717) is 11.6 Å². The van der Waals surface area contributed by atoms with Gasteiger partial charge in [-0.15, -0.1) is 10.2 Å². The molecule has 6 nitrogen and oxygen atoms in total. The van der Waals surface area contributed by atoms with Gasteiger partial charge < -0.3 is 19.3 Å². The first-order valence-electron chi connectivity index (χ1n) is 8.00. The van der Waals surface area contributed by atoms with Crippen LogP contribution in [-0.4, -0.2) is 41.1 Å². The van der Waals surface area contributed by atoms with E-state index in [1.54, 1.807) is 7.11 Å². The minimum atomic E-state index is -0.849. The summed E-state index contributed by atoms with van der Waals surface area (Å²) in [7, 11) is 7.47. The zero-order valence-corrected chi connectivity index (χ0v) is 14.8. The Kier molecular flexibility index (Phi) is 4.72. The summed E-state index contributed by atoms with van der Waals surface area (Å²) in [5.41, 5.74) is 2.81. The maximum atomic E-state index is 10.6. The number of anilines is 1. The Bertz CT molecular complexity index is 839. The fraction of sp³-hybridized carbons (Fsp3) is 0.263. The normalized spacial score (nSPS) is 12.0. The molecule has 1 N–H and O–H groups in total. The molecule has 0 radical (unpaired) electrons. The van der Waals surface area contributed by atoms with Crippen molar-refractivity contribution in [2.24, 2.45) is 7.05 Å². The van der Waals surface area contributed by atoms with Crippen molar-refractivity contribution in [1.29, 1.82) is 0 Å². The lowest BCUT2D eigenvalue weighted by molar-refractivity contribution is 0.205. The van der Waals surface area contributed by atoms with Gasteiger partial charge in [0.25, 0.3) is 0 Å². The van der Waals surface area contributed by atoms with Crippen molar-refractivity contribution in [2.45, 2.75) is 6.10 Å². The molecule has 0 spiro atoms. The van der Waals surface area contributed by atoms with Gasteiger partial charge in [-0.05, 0) is 42.0 Å². The molecule has 1 atom stereocenters. The third-order valence-electron chi connectivity index (χ3n) is 4.23. The molecule has 2 aromatic carbocycles. The lowest BCUT2D eigenvalue weighted by Crippen LogP contribution is -2.09. The highest BCUT2D eigenvalue weighted by Gasteiger charge is 2.19. The van der Waals surface area contributed by atoms with Crippen molar-refractivity contribution >= 4 is 5.69 Å². The van der Waals surface area contributed by atoms with Crippen LogP contribution in [0.4, 0.5) is 5.69 Å². The summed E-state index contributed by atoms with van der Waals surface area (Å²) in [6, 6.07) is 15.3. The summed E-state index contributed by atoms with van der Waals surface area (Å²) in [4.78, 5) is 2.04. The van der Waals surface area contributed by atoms with E-state index in [-0.39, 0.29) is 0 Å². The fourth-order valence-corrected chi connectivity index (χ4v) is 2.67. The molecule has 25 heavy (non-hydrogen) atoms. The highest BCUT2D eigenvalue weighted by Crippen LogP contribution is 2.26. The standard InChI is InChI=1S/C19H22N4O2/c1-22(2)15-9-5-14(6-10-15)18-20-21-19(23(18)3)17(24)13-7-11-16(25-4)12-8-13/h5-12,17,24H,1-4H3. The van der Waals surface area contributed by atoms with Gasteiger partial charge in [0.2, 0.25) is 0 Å². The van der Waals surface area contributed by atoms with Gasteiger partial charge in [0.1, 0.15) is 11.9 Å². The Morgan fingerprint density at radius 3 is 2.20 bits per heavy atom. The van der Waals surface area contributed by atoms with Crippen LogP contribution in [0.5, 0.6) is 5.75 Å². The summed E-state index contributed by atoms with van der Waals surface area (Å²) in [6.45, 7) is 0. The van der Waals surface area contributed by atoms with Crippen molar-refractivity contribution in [1.82, 2.24) is 14.8 Å². The second kappa shape index (κ2) is 6.94. The number of aliphatic hydroxyl groups is 1. The Balaban J connectivity index is 1.89. The monoisotopic (exact) mass is 338 g/mol. The predicted octanol–water partition coefficient (Wildman–Crippen LogP) is 2.64. The largest absolute Gasteiger partial charge is 0.497 e. The molecule has 1 aromatic heterocycles. The molecule has 3 rings (SSSR count). The van der Waals surface area contributed by atoms with E-state index in [1.807, 2.05) is 79.1 Å². The average Bonchev–Trinajstić information content (AvgIpc) is 3.02. The highest BCUT2D eigenvalue weighted by atomic mass is 16.5. The molecule has 0 aliphatic carbocycles. The minimum absolute atomic E-state index is 0.497. The van der Waals surface area contributed by atoms with Crippen LogP contribution in [0.1, 0.15) is 17.5 Å². The van der Waals surface area contributed by atoms with Crippen LogP contribution in [0, 0.1) is 0 Å². The number of hydrogen-bond acceptors (Lipinski definition) is 5. The van der Waals surface area contributed by atoms with Gasteiger partial charge in [-0.3, -0.25) is 0 Å². The smallest absolute Gasteiger partial charge is 0.166 e.